The molecule has 0 unspecified atom stereocenters. The number of fused-ring (bicyclic) bond motifs is 1. The van der Waals surface area contributed by atoms with E-state index in [-0.39, 0.29) is 16.6 Å². The van der Waals surface area contributed by atoms with Crippen LogP contribution in [0.1, 0.15) is 17.3 Å². The van der Waals surface area contributed by atoms with Crippen molar-refractivity contribution in [3.8, 4) is 0 Å². The monoisotopic (exact) mass is 458 g/mol. The first-order valence-corrected chi connectivity index (χ1v) is 10.5. The van der Waals surface area contributed by atoms with Gasteiger partial charge in [0, 0.05) is 11.3 Å². The summed E-state index contributed by atoms with van der Waals surface area (Å²) >= 11 is 4.86. The fraction of sp³-hybridized carbons (Fsp3) is 0.105. The lowest BCUT2D eigenvalue weighted by Crippen LogP contribution is -2.48. The molecule has 160 valence electrons. The standard InChI is InChI=1S/C19H18N6O4S2/c1-10(26)11-5-4-6-12(9-11)21-17(27)15(24-25-19(30)23-20)16-18(28)22-13-7-2-3-8-14(13)31(16)29/h2-9,16H,20H2,1H3,(H,21,27)(H,22,28)(H2,23,25,30)/b24-15-/t16-,31-/m0/s1. The van der Waals surface area contributed by atoms with Gasteiger partial charge >= 0.3 is 0 Å². The number of carbonyl (C=O) groups excluding carboxylic acids is 3. The summed E-state index contributed by atoms with van der Waals surface area (Å²) in [7, 11) is -1.91. The lowest BCUT2D eigenvalue weighted by atomic mass is 10.1. The Kier molecular flexibility index (Phi) is 6.84. The van der Waals surface area contributed by atoms with Gasteiger partial charge in [0.25, 0.3) is 5.91 Å². The van der Waals surface area contributed by atoms with Crippen LogP contribution in [-0.2, 0) is 20.4 Å². The quantitative estimate of drug-likeness (QED) is 0.144. The molecule has 2 aromatic rings. The summed E-state index contributed by atoms with van der Waals surface area (Å²) < 4.78 is 13.1. The summed E-state index contributed by atoms with van der Waals surface area (Å²) in [4.78, 5) is 37.7. The molecule has 0 bridgehead atoms. The molecule has 0 saturated carbocycles. The fourth-order valence-corrected chi connectivity index (χ4v) is 4.24. The van der Waals surface area contributed by atoms with Crippen molar-refractivity contribution in [1.82, 2.24) is 10.9 Å². The molecule has 0 spiro atoms. The number of nitrogens with zero attached hydrogens (tertiary/aromatic N) is 1. The van der Waals surface area contributed by atoms with E-state index in [9.17, 15) is 18.6 Å². The number of nitrogens with one attached hydrogen (secondary N) is 4. The van der Waals surface area contributed by atoms with Gasteiger partial charge in [0.15, 0.2) is 16.7 Å². The first-order valence-electron chi connectivity index (χ1n) is 8.88. The zero-order chi connectivity index (χ0) is 22.5. The van der Waals surface area contributed by atoms with Gasteiger partial charge in [-0.2, -0.15) is 5.10 Å². The average molecular weight is 459 g/mol. The SMILES string of the molecule is CC(=O)c1cccc(NC(=O)/C(=N\NC(=S)NN)[C@H]2C(=O)Nc3ccccc3[S@@]2=O)c1. The number of hydrogen-bond acceptors (Lipinski definition) is 7. The first kappa shape index (κ1) is 22.2. The molecule has 2 amide bonds. The predicted octanol–water partition coefficient (Wildman–Crippen LogP) is 0.650. The molecule has 31 heavy (non-hydrogen) atoms. The largest absolute Gasteiger partial charge is 0.324 e. The van der Waals surface area contributed by atoms with Gasteiger partial charge < -0.3 is 10.6 Å². The second-order valence-electron chi connectivity index (χ2n) is 6.34. The number of ketones is 1. The highest BCUT2D eigenvalue weighted by molar-refractivity contribution is 7.88. The minimum Gasteiger partial charge on any atom is -0.324 e. The maximum absolute atomic E-state index is 13.1. The maximum atomic E-state index is 13.1. The third-order valence-electron chi connectivity index (χ3n) is 4.23. The van der Waals surface area contributed by atoms with Crippen LogP contribution in [-0.4, -0.2) is 37.9 Å². The zero-order valence-electron chi connectivity index (χ0n) is 16.2. The van der Waals surface area contributed by atoms with Crippen molar-refractivity contribution in [2.45, 2.75) is 17.1 Å². The average Bonchev–Trinajstić information content (AvgIpc) is 2.75. The molecular formula is C19H18N6O4S2. The number of hydrazine groups is 1. The molecule has 0 aromatic heterocycles. The Labute approximate surface area is 185 Å². The van der Waals surface area contributed by atoms with Crippen LogP contribution in [0.15, 0.2) is 58.5 Å². The molecule has 12 heteroatoms. The van der Waals surface area contributed by atoms with E-state index in [1.54, 1.807) is 42.5 Å². The third kappa shape index (κ3) is 4.99. The van der Waals surface area contributed by atoms with E-state index in [1.807, 2.05) is 0 Å². The number of hydrazone groups is 1. The van der Waals surface area contributed by atoms with Crippen LogP contribution in [0.2, 0.25) is 0 Å². The molecule has 1 heterocycles. The van der Waals surface area contributed by atoms with Crippen LogP contribution in [0, 0.1) is 0 Å². The minimum absolute atomic E-state index is 0.119. The Bertz CT molecular complexity index is 1130. The number of thiocarbonyl (C=S) groups is 1. The lowest BCUT2D eigenvalue weighted by molar-refractivity contribution is -0.116. The van der Waals surface area contributed by atoms with Gasteiger partial charge in [-0.15, -0.1) is 0 Å². The summed E-state index contributed by atoms with van der Waals surface area (Å²) in [5.41, 5.74) is 5.18. The molecule has 6 N–H and O–H groups in total. The normalized spacial score (nSPS) is 17.7. The Morgan fingerprint density at radius 1 is 1.19 bits per heavy atom. The lowest BCUT2D eigenvalue weighted by Gasteiger charge is -2.24. The van der Waals surface area contributed by atoms with E-state index >= 15 is 0 Å². The van der Waals surface area contributed by atoms with Gasteiger partial charge in [-0.25, -0.2) is 5.84 Å². The predicted molar refractivity (Wildman–Crippen MR) is 121 cm³/mol. The van der Waals surface area contributed by atoms with E-state index in [2.05, 4.69) is 26.6 Å². The number of Topliss-reactive ketones (excluding diaryl/α,β-unsaturated/α-hetero) is 1. The van der Waals surface area contributed by atoms with Crippen molar-refractivity contribution in [1.29, 1.82) is 0 Å². The number of rotatable bonds is 5. The Balaban J connectivity index is 1.97. The molecule has 0 fully saturated rings. The number of para-hydroxylation sites is 1. The summed E-state index contributed by atoms with van der Waals surface area (Å²) in [6.45, 7) is 1.39. The molecule has 3 rings (SSSR count). The van der Waals surface area contributed by atoms with E-state index in [0.29, 0.717) is 21.8 Å². The van der Waals surface area contributed by atoms with Crippen LogP contribution in [0.3, 0.4) is 0 Å². The van der Waals surface area contributed by atoms with Gasteiger partial charge in [-0.1, -0.05) is 24.3 Å². The van der Waals surface area contributed by atoms with Gasteiger partial charge in [-0.05, 0) is 43.4 Å². The van der Waals surface area contributed by atoms with Crippen LogP contribution in [0.5, 0.6) is 0 Å². The maximum Gasteiger partial charge on any atom is 0.273 e. The molecule has 1 aliphatic heterocycles. The number of nitrogens with two attached hydrogens (primary N) is 1. The second kappa shape index (κ2) is 9.55. The van der Waals surface area contributed by atoms with E-state index in [0.717, 1.165) is 0 Å². The first-order chi connectivity index (χ1) is 14.8. The molecule has 2 aromatic carbocycles. The van der Waals surface area contributed by atoms with Gasteiger partial charge in [0.05, 0.1) is 21.4 Å². The topological polar surface area (TPSA) is 155 Å². The summed E-state index contributed by atoms with van der Waals surface area (Å²) in [5.74, 6) is 3.55. The van der Waals surface area contributed by atoms with Crippen molar-refractivity contribution >= 4 is 62.8 Å². The second-order valence-corrected chi connectivity index (χ2v) is 8.25. The van der Waals surface area contributed by atoms with Gasteiger partial charge in [-0.3, -0.25) is 29.4 Å². The van der Waals surface area contributed by atoms with Crippen molar-refractivity contribution in [3.05, 3.63) is 54.1 Å². The third-order valence-corrected chi connectivity index (χ3v) is 6.09. The highest BCUT2D eigenvalue weighted by Gasteiger charge is 2.40. The minimum atomic E-state index is -1.91. The molecule has 0 aliphatic carbocycles. The van der Waals surface area contributed by atoms with E-state index in [4.69, 9.17) is 18.1 Å². The molecule has 1 aliphatic rings. The molecule has 2 atom stereocenters. The van der Waals surface area contributed by atoms with Crippen LogP contribution >= 0.6 is 12.2 Å². The molecular weight excluding hydrogens is 440 g/mol. The number of amides is 2. The smallest absolute Gasteiger partial charge is 0.273 e. The molecule has 0 radical (unpaired) electrons. The number of hydrogen-bond donors (Lipinski definition) is 5. The highest BCUT2D eigenvalue weighted by atomic mass is 32.2. The Morgan fingerprint density at radius 2 is 1.94 bits per heavy atom. The number of benzene rings is 2. The van der Waals surface area contributed by atoms with Gasteiger partial charge in [0.1, 0.15) is 0 Å². The van der Waals surface area contributed by atoms with Crippen molar-refractivity contribution in [2.24, 2.45) is 10.9 Å². The van der Waals surface area contributed by atoms with Crippen LogP contribution in [0.25, 0.3) is 0 Å². The fourth-order valence-electron chi connectivity index (χ4n) is 2.78. The Hall–Kier alpha value is -3.48. The Morgan fingerprint density at radius 3 is 2.65 bits per heavy atom. The summed E-state index contributed by atoms with van der Waals surface area (Å²) in [6.07, 6.45) is 0. The van der Waals surface area contributed by atoms with E-state index in [1.165, 1.54) is 13.0 Å². The van der Waals surface area contributed by atoms with E-state index < -0.39 is 27.9 Å². The number of carbonyl (C=O) groups is 3. The highest BCUT2D eigenvalue weighted by Crippen LogP contribution is 2.28. The summed E-state index contributed by atoms with van der Waals surface area (Å²) in [5, 5.41) is 7.56. The van der Waals surface area contributed by atoms with Crippen molar-refractivity contribution in [3.63, 3.8) is 0 Å². The van der Waals surface area contributed by atoms with Crippen LogP contribution < -0.4 is 27.3 Å². The zero-order valence-corrected chi connectivity index (χ0v) is 17.8. The number of anilines is 2. The van der Waals surface area contributed by atoms with Crippen molar-refractivity contribution in [2.75, 3.05) is 10.6 Å². The summed E-state index contributed by atoms with van der Waals surface area (Å²) in [6, 6.07) is 12.8. The molecule has 10 nitrogen and oxygen atoms in total. The molecule has 0 saturated heterocycles. The van der Waals surface area contributed by atoms with Crippen molar-refractivity contribution < 1.29 is 18.6 Å². The van der Waals surface area contributed by atoms with Crippen LogP contribution in [0.4, 0.5) is 11.4 Å². The van der Waals surface area contributed by atoms with Gasteiger partial charge in [0.2, 0.25) is 11.0 Å².